The second-order valence-electron chi connectivity index (χ2n) is 5.47. The van der Waals surface area contributed by atoms with Crippen molar-refractivity contribution in [2.75, 3.05) is 19.6 Å². The van der Waals surface area contributed by atoms with E-state index in [-0.39, 0.29) is 17.5 Å². The molecule has 7 heteroatoms. The zero-order valence-electron chi connectivity index (χ0n) is 11.8. The van der Waals surface area contributed by atoms with E-state index in [0.29, 0.717) is 35.6 Å². The number of amides is 1. The second-order valence-corrected chi connectivity index (χ2v) is 6.38. The molecule has 21 heavy (non-hydrogen) atoms. The molecule has 1 aliphatic heterocycles. The van der Waals surface area contributed by atoms with Gasteiger partial charge in [-0.1, -0.05) is 22.9 Å². The summed E-state index contributed by atoms with van der Waals surface area (Å²) in [5.74, 6) is 0.602. The Hall–Kier alpha value is -1.47. The summed E-state index contributed by atoms with van der Waals surface area (Å²) in [6.07, 6.45) is 0.906. The van der Waals surface area contributed by atoms with E-state index in [0.717, 1.165) is 6.42 Å². The lowest BCUT2D eigenvalue weighted by atomic mass is 9.87. The van der Waals surface area contributed by atoms with Crippen molar-refractivity contribution in [2.24, 2.45) is 17.6 Å². The maximum Gasteiger partial charge on any atom is 0.271 e. The SMILES string of the molecule is CC1CCN(C(=O)c2cc(Br)cc([N+](=O)[O-])c2)CC1CN. The van der Waals surface area contributed by atoms with Gasteiger partial charge in [-0.3, -0.25) is 14.9 Å². The summed E-state index contributed by atoms with van der Waals surface area (Å²) < 4.78 is 0.529. The van der Waals surface area contributed by atoms with E-state index in [4.69, 9.17) is 5.73 Å². The van der Waals surface area contributed by atoms with E-state index in [9.17, 15) is 14.9 Å². The number of piperidine rings is 1. The molecule has 1 saturated heterocycles. The van der Waals surface area contributed by atoms with Crippen LogP contribution in [0, 0.1) is 22.0 Å². The maximum absolute atomic E-state index is 12.5. The van der Waals surface area contributed by atoms with Gasteiger partial charge in [0.15, 0.2) is 0 Å². The molecule has 1 aromatic carbocycles. The van der Waals surface area contributed by atoms with Gasteiger partial charge in [0.25, 0.3) is 11.6 Å². The van der Waals surface area contributed by atoms with Gasteiger partial charge in [-0.2, -0.15) is 0 Å². The zero-order chi connectivity index (χ0) is 15.6. The molecule has 0 bridgehead atoms. The molecule has 2 unspecified atom stereocenters. The van der Waals surface area contributed by atoms with Gasteiger partial charge in [0.1, 0.15) is 0 Å². The molecule has 114 valence electrons. The van der Waals surface area contributed by atoms with Crippen molar-refractivity contribution in [3.05, 3.63) is 38.3 Å². The number of likely N-dealkylation sites (tertiary alicyclic amines) is 1. The molecule has 1 amide bonds. The topological polar surface area (TPSA) is 89.5 Å². The van der Waals surface area contributed by atoms with Crippen LogP contribution in [-0.2, 0) is 0 Å². The summed E-state index contributed by atoms with van der Waals surface area (Å²) >= 11 is 3.21. The second kappa shape index (κ2) is 6.53. The van der Waals surface area contributed by atoms with Gasteiger partial charge < -0.3 is 10.6 Å². The van der Waals surface area contributed by atoms with Crippen LogP contribution in [0.3, 0.4) is 0 Å². The number of nitro groups is 1. The quantitative estimate of drug-likeness (QED) is 0.665. The van der Waals surface area contributed by atoms with E-state index in [1.54, 1.807) is 11.0 Å². The van der Waals surface area contributed by atoms with E-state index in [1.807, 2.05) is 0 Å². The lowest BCUT2D eigenvalue weighted by Gasteiger charge is -2.36. The van der Waals surface area contributed by atoms with Crippen LogP contribution in [0.1, 0.15) is 23.7 Å². The lowest BCUT2D eigenvalue weighted by molar-refractivity contribution is -0.385. The van der Waals surface area contributed by atoms with Crippen molar-refractivity contribution in [3.8, 4) is 0 Å². The van der Waals surface area contributed by atoms with Gasteiger partial charge in [0, 0.05) is 35.3 Å². The number of rotatable bonds is 3. The first-order chi connectivity index (χ1) is 9.92. The minimum absolute atomic E-state index is 0.0894. The van der Waals surface area contributed by atoms with E-state index >= 15 is 0 Å². The summed E-state index contributed by atoms with van der Waals surface area (Å²) in [5.41, 5.74) is 5.99. The molecule has 0 saturated carbocycles. The number of nitro benzene ring substituents is 1. The van der Waals surface area contributed by atoms with Crippen LogP contribution in [0.4, 0.5) is 5.69 Å². The Morgan fingerprint density at radius 3 is 2.86 bits per heavy atom. The van der Waals surface area contributed by atoms with Crippen molar-refractivity contribution >= 4 is 27.5 Å². The van der Waals surface area contributed by atoms with Gasteiger partial charge in [-0.15, -0.1) is 0 Å². The van der Waals surface area contributed by atoms with Gasteiger partial charge in [0.05, 0.1) is 4.92 Å². The molecule has 1 fully saturated rings. The molecule has 0 spiro atoms. The molecule has 0 radical (unpaired) electrons. The number of carbonyl (C=O) groups excluding carboxylic acids is 1. The number of nitrogens with two attached hydrogens (primary N) is 1. The molecular formula is C14H18BrN3O3. The smallest absolute Gasteiger partial charge is 0.271 e. The Labute approximate surface area is 131 Å². The Morgan fingerprint density at radius 1 is 1.52 bits per heavy atom. The van der Waals surface area contributed by atoms with Gasteiger partial charge >= 0.3 is 0 Å². The van der Waals surface area contributed by atoms with Gasteiger partial charge in [0.2, 0.25) is 0 Å². The summed E-state index contributed by atoms with van der Waals surface area (Å²) in [6, 6.07) is 4.32. The first kappa shape index (κ1) is 15.9. The molecule has 2 rings (SSSR count). The Morgan fingerprint density at radius 2 is 2.24 bits per heavy atom. The summed E-state index contributed by atoms with van der Waals surface area (Å²) in [4.78, 5) is 24.7. The molecule has 6 nitrogen and oxygen atoms in total. The fraction of sp³-hybridized carbons (Fsp3) is 0.500. The molecule has 1 aromatic rings. The first-order valence-electron chi connectivity index (χ1n) is 6.86. The third-order valence-electron chi connectivity index (χ3n) is 4.04. The first-order valence-corrected chi connectivity index (χ1v) is 7.66. The van der Waals surface area contributed by atoms with Gasteiger partial charge in [-0.25, -0.2) is 0 Å². The number of hydrogen-bond acceptors (Lipinski definition) is 4. The maximum atomic E-state index is 12.5. The summed E-state index contributed by atoms with van der Waals surface area (Å²) in [5, 5.41) is 10.9. The highest BCUT2D eigenvalue weighted by Gasteiger charge is 2.29. The molecule has 1 heterocycles. The molecule has 0 aliphatic carbocycles. The van der Waals surface area contributed by atoms with E-state index in [2.05, 4.69) is 22.9 Å². The Balaban J connectivity index is 2.22. The lowest BCUT2D eigenvalue weighted by Crippen LogP contribution is -2.45. The van der Waals surface area contributed by atoms with Crippen LogP contribution in [0.2, 0.25) is 0 Å². The molecular weight excluding hydrogens is 338 g/mol. The third kappa shape index (κ3) is 3.59. The van der Waals surface area contributed by atoms with Crippen LogP contribution >= 0.6 is 15.9 Å². The Bertz CT molecular complexity index is 564. The van der Waals surface area contributed by atoms with Crippen molar-refractivity contribution in [2.45, 2.75) is 13.3 Å². The molecule has 0 aromatic heterocycles. The minimum Gasteiger partial charge on any atom is -0.338 e. The normalized spacial score (nSPS) is 22.1. The van der Waals surface area contributed by atoms with Crippen LogP contribution in [0.5, 0.6) is 0 Å². The Kier molecular flexibility index (Phi) is 4.95. The predicted molar refractivity (Wildman–Crippen MR) is 83.0 cm³/mol. The van der Waals surface area contributed by atoms with E-state index in [1.165, 1.54) is 12.1 Å². The van der Waals surface area contributed by atoms with Crippen molar-refractivity contribution < 1.29 is 9.72 Å². The monoisotopic (exact) mass is 355 g/mol. The van der Waals surface area contributed by atoms with E-state index < -0.39 is 4.92 Å². The zero-order valence-corrected chi connectivity index (χ0v) is 13.4. The highest BCUT2D eigenvalue weighted by Crippen LogP contribution is 2.26. The van der Waals surface area contributed by atoms with Crippen molar-refractivity contribution in [3.63, 3.8) is 0 Å². The molecule has 2 N–H and O–H groups in total. The van der Waals surface area contributed by atoms with Crippen LogP contribution in [0.25, 0.3) is 0 Å². The molecule has 2 atom stereocenters. The fourth-order valence-corrected chi connectivity index (χ4v) is 3.11. The predicted octanol–water partition coefficient (Wildman–Crippen LogP) is 2.41. The minimum atomic E-state index is -0.498. The largest absolute Gasteiger partial charge is 0.338 e. The highest BCUT2D eigenvalue weighted by atomic mass is 79.9. The van der Waals surface area contributed by atoms with Crippen LogP contribution in [-0.4, -0.2) is 35.4 Å². The number of non-ortho nitro benzene ring substituents is 1. The number of halogens is 1. The van der Waals surface area contributed by atoms with Crippen LogP contribution in [0.15, 0.2) is 22.7 Å². The van der Waals surface area contributed by atoms with Crippen molar-refractivity contribution in [1.29, 1.82) is 0 Å². The fourth-order valence-electron chi connectivity index (χ4n) is 2.63. The summed E-state index contributed by atoms with van der Waals surface area (Å²) in [7, 11) is 0. The number of nitrogens with zero attached hydrogens (tertiary/aromatic N) is 2. The van der Waals surface area contributed by atoms with Crippen molar-refractivity contribution in [1.82, 2.24) is 4.90 Å². The van der Waals surface area contributed by atoms with Crippen LogP contribution < -0.4 is 5.73 Å². The summed E-state index contributed by atoms with van der Waals surface area (Å²) in [6.45, 7) is 3.96. The number of carbonyl (C=O) groups is 1. The number of hydrogen-bond donors (Lipinski definition) is 1. The average molecular weight is 356 g/mol. The third-order valence-corrected chi connectivity index (χ3v) is 4.50. The molecule has 1 aliphatic rings. The standard InChI is InChI=1S/C14H18BrN3O3/c1-9-2-3-17(8-11(9)7-16)14(19)10-4-12(15)6-13(5-10)18(20)21/h4-6,9,11H,2-3,7-8,16H2,1H3. The van der Waals surface area contributed by atoms with Gasteiger partial charge in [-0.05, 0) is 30.9 Å². The highest BCUT2D eigenvalue weighted by molar-refractivity contribution is 9.10. The number of benzene rings is 1. The average Bonchev–Trinajstić information content (AvgIpc) is 2.46.